The van der Waals surface area contributed by atoms with Gasteiger partial charge in [0.15, 0.2) is 5.65 Å². The predicted molar refractivity (Wildman–Crippen MR) is 107 cm³/mol. The molecule has 0 bridgehead atoms. The van der Waals surface area contributed by atoms with Gasteiger partial charge in [-0.05, 0) is 44.1 Å². The second-order valence-electron chi connectivity index (χ2n) is 7.52. The Bertz CT molecular complexity index is 900. The highest BCUT2D eigenvalue weighted by Gasteiger charge is 2.27. The zero-order valence-electron chi connectivity index (χ0n) is 16.0. The molecule has 6 nitrogen and oxygen atoms in total. The van der Waals surface area contributed by atoms with E-state index in [4.69, 9.17) is 0 Å². The number of benzene rings is 1. The Morgan fingerprint density at radius 2 is 1.89 bits per heavy atom. The molecule has 0 saturated carbocycles. The normalized spacial score (nSPS) is 16.8. The Morgan fingerprint density at radius 1 is 1.15 bits per heavy atom. The van der Waals surface area contributed by atoms with Crippen molar-refractivity contribution in [1.29, 1.82) is 0 Å². The van der Waals surface area contributed by atoms with Crippen LogP contribution in [0.5, 0.6) is 0 Å². The Labute approximate surface area is 159 Å². The van der Waals surface area contributed by atoms with Gasteiger partial charge >= 0.3 is 0 Å². The van der Waals surface area contributed by atoms with E-state index < -0.39 is 0 Å². The highest BCUT2D eigenvalue weighted by atomic mass is 16.3. The molecule has 1 aliphatic heterocycles. The van der Waals surface area contributed by atoms with E-state index in [1.165, 1.54) is 5.56 Å². The molecule has 1 atom stereocenters. The molecule has 1 aromatic carbocycles. The molecule has 0 aliphatic carbocycles. The summed E-state index contributed by atoms with van der Waals surface area (Å²) in [7, 11) is 1.92. The molecule has 6 heteroatoms. The summed E-state index contributed by atoms with van der Waals surface area (Å²) in [5.74, 6) is 1.33. The molecule has 0 unspecified atom stereocenters. The summed E-state index contributed by atoms with van der Waals surface area (Å²) in [6, 6.07) is 10.4. The van der Waals surface area contributed by atoms with Crippen LogP contribution in [0.2, 0.25) is 0 Å². The first kappa shape index (κ1) is 17.9. The van der Waals surface area contributed by atoms with E-state index in [0.29, 0.717) is 5.92 Å². The van der Waals surface area contributed by atoms with Gasteiger partial charge in [-0.1, -0.05) is 30.3 Å². The maximum absolute atomic E-state index is 10.7. The third-order valence-corrected chi connectivity index (χ3v) is 5.73. The van der Waals surface area contributed by atoms with Gasteiger partial charge in [0.25, 0.3) is 0 Å². The number of rotatable bonds is 5. The van der Waals surface area contributed by atoms with Crippen LogP contribution in [-0.4, -0.2) is 44.0 Å². The molecule has 1 fully saturated rings. The van der Waals surface area contributed by atoms with Gasteiger partial charge in [-0.3, -0.25) is 4.68 Å². The van der Waals surface area contributed by atoms with Crippen molar-refractivity contribution in [2.75, 3.05) is 18.0 Å². The number of anilines is 1. The summed E-state index contributed by atoms with van der Waals surface area (Å²) >= 11 is 0. The number of fused-ring (bicyclic) bond motifs is 1. The van der Waals surface area contributed by atoms with E-state index in [1.54, 1.807) is 6.33 Å². The average Bonchev–Trinajstić information content (AvgIpc) is 3.01. The smallest absolute Gasteiger partial charge is 0.163 e. The van der Waals surface area contributed by atoms with Crippen LogP contribution >= 0.6 is 0 Å². The molecule has 1 saturated heterocycles. The number of piperidine rings is 1. The van der Waals surface area contributed by atoms with E-state index in [9.17, 15) is 5.11 Å². The van der Waals surface area contributed by atoms with Crippen LogP contribution in [0, 0.1) is 12.8 Å². The van der Waals surface area contributed by atoms with Crippen molar-refractivity contribution in [2.24, 2.45) is 13.0 Å². The molecule has 142 valence electrons. The minimum atomic E-state index is -0.238. The van der Waals surface area contributed by atoms with E-state index in [2.05, 4.69) is 44.2 Å². The fraction of sp³-hybridized carbons (Fsp3) is 0.476. The first-order chi connectivity index (χ1) is 13.1. The topological polar surface area (TPSA) is 67.1 Å². The predicted octanol–water partition coefficient (Wildman–Crippen LogP) is 2.88. The quantitative estimate of drug-likeness (QED) is 0.753. The Hall–Kier alpha value is -2.47. The highest BCUT2D eigenvalue weighted by molar-refractivity contribution is 5.89. The fourth-order valence-electron chi connectivity index (χ4n) is 4.19. The molecule has 3 heterocycles. The molecule has 4 rings (SSSR count). The molecule has 1 aliphatic rings. The van der Waals surface area contributed by atoms with Crippen molar-refractivity contribution in [1.82, 2.24) is 19.7 Å². The minimum Gasteiger partial charge on any atom is -0.393 e. The van der Waals surface area contributed by atoms with Crippen LogP contribution in [0.25, 0.3) is 11.0 Å². The Kier molecular flexibility index (Phi) is 5.07. The zero-order valence-corrected chi connectivity index (χ0v) is 16.0. The van der Waals surface area contributed by atoms with Crippen LogP contribution in [0.15, 0.2) is 36.7 Å². The van der Waals surface area contributed by atoms with Crippen molar-refractivity contribution < 1.29 is 5.11 Å². The second kappa shape index (κ2) is 7.64. The zero-order chi connectivity index (χ0) is 18.8. The van der Waals surface area contributed by atoms with Gasteiger partial charge in [0.1, 0.15) is 12.1 Å². The lowest BCUT2D eigenvalue weighted by atomic mass is 9.88. The summed E-state index contributed by atoms with van der Waals surface area (Å²) in [6.45, 7) is 3.83. The largest absolute Gasteiger partial charge is 0.393 e. The van der Waals surface area contributed by atoms with Gasteiger partial charge in [0.2, 0.25) is 0 Å². The third kappa shape index (κ3) is 3.67. The lowest BCUT2D eigenvalue weighted by Gasteiger charge is -2.35. The van der Waals surface area contributed by atoms with Gasteiger partial charge in [-0.25, -0.2) is 9.97 Å². The maximum atomic E-state index is 10.7. The molecule has 0 spiro atoms. The number of aryl methyl sites for hydroxylation is 3. The third-order valence-electron chi connectivity index (χ3n) is 5.73. The molecule has 27 heavy (non-hydrogen) atoms. The van der Waals surface area contributed by atoms with Crippen LogP contribution in [-0.2, 0) is 13.5 Å². The number of nitrogens with zero attached hydrogens (tertiary/aromatic N) is 5. The number of hydrogen-bond donors (Lipinski definition) is 1. The van der Waals surface area contributed by atoms with E-state index in [1.807, 2.05) is 24.7 Å². The SMILES string of the molecule is Cc1nn(C)c2ncnc(N3CCC([C@H](O)CCc4ccccc4)CC3)c12. The van der Waals surface area contributed by atoms with Crippen molar-refractivity contribution in [3.8, 4) is 0 Å². The first-order valence-electron chi connectivity index (χ1n) is 9.74. The number of aromatic nitrogens is 4. The first-order valence-corrected chi connectivity index (χ1v) is 9.74. The van der Waals surface area contributed by atoms with Crippen LogP contribution in [0.3, 0.4) is 0 Å². The van der Waals surface area contributed by atoms with E-state index >= 15 is 0 Å². The second-order valence-corrected chi connectivity index (χ2v) is 7.52. The molecule has 0 radical (unpaired) electrons. The maximum Gasteiger partial charge on any atom is 0.163 e. The summed E-state index contributed by atoms with van der Waals surface area (Å²) in [5, 5.41) is 16.2. The average molecular weight is 365 g/mol. The lowest BCUT2D eigenvalue weighted by molar-refractivity contribution is 0.0850. The standard InChI is InChI=1S/C21H27N5O/c1-15-19-20(25(2)24-15)22-14-23-21(19)26-12-10-17(11-13-26)18(27)9-8-16-6-4-3-5-7-16/h3-7,14,17-18,27H,8-13H2,1-2H3/t18-/m1/s1. The van der Waals surface area contributed by atoms with Crippen LogP contribution < -0.4 is 4.90 Å². The Balaban J connectivity index is 1.39. The molecular weight excluding hydrogens is 338 g/mol. The van der Waals surface area contributed by atoms with Gasteiger partial charge in [-0.15, -0.1) is 0 Å². The van der Waals surface area contributed by atoms with E-state index in [0.717, 1.165) is 61.3 Å². The van der Waals surface area contributed by atoms with Crippen molar-refractivity contribution in [3.05, 3.63) is 47.9 Å². The molecule has 0 amide bonds. The van der Waals surface area contributed by atoms with Crippen LogP contribution in [0.1, 0.15) is 30.5 Å². The van der Waals surface area contributed by atoms with Gasteiger partial charge < -0.3 is 10.0 Å². The summed E-state index contributed by atoms with van der Waals surface area (Å²) in [4.78, 5) is 11.2. The van der Waals surface area contributed by atoms with E-state index in [-0.39, 0.29) is 6.10 Å². The van der Waals surface area contributed by atoms with Crippen LogP contribution in [0.4, 0.5) is 5.82 Å². The fourth-order valence-corrected chi connectivity index (χ4v) is 4.19. The van der Waals surface area contributed by atoms with Crippen molar-refractivity contribution >= 4 is 16.9 Å². The summed E-state index contributed by atoms with van der Waals surface area (Å²) < 4.78 is 1.82. The monoisotopic (exact) mass is 365 g/mol. The number of aliphatic hydroxyl groups excluding tert-OH is 1. The summed E-state index contributed by atoms with van der Waals surface area (Å²) in [6.07, 6.45) is 5.12. The van der Waals surface area contributed by atoms with Crippen molar-refractivity contribution in [2.45, 2.75) is 38.7 Å². The lowest BCUT2D eigenvalue weighted by Crippen LogP contribution is -2.38. The molecular formula is C21H27N5O. The van der Waals surface area contributed by atoms with Gasteiger partial charge in [-0.2, -0.15) is 5.10 Å². The number of hydrogen-bond acceptors (Lipinski definition) is 5. The van der Waals surface area contributed by atoms with Gasteiger partial charge in [0.05, 0.1) is 17.2 Å². The summed E-state index contributed by atoms with van der Waals surface area (Å²) in [5.41, 5.74) is 3.14. The van der Waals surface area contributed by atoms with Crippen molar-refractivity contribution in [3.63, 3.8) is 0 Å². The number of aliphatic hydroxyl groups is 1. The minimum absolute atomic E-state index is 0.238. The molecule has 1 N–H and O–H groups in total. The molecule has 3 aromatic rings. The van der Waals surface area contributed by atoms with Gasteiger partial charge in [0, 0.05) is 20.1 Å². The Morgan fingerprint density at radius 3 is 2.63 bits per heavy atom. The molecule has 2 aromatic heterocycles. The highest BCUT2D eigenvalue weighted by Crippen LogP contribution is 2.30.